The highest BCUT2D eigenvalue weighted by atomic mass is 32.2. The van der Waals surface area contributed by atoms with Crippen LogP contribution in [0.2, 0.25) is 0 Å². The zero-order chi connectivity index (χ0) is 22.1. The Kier molecular flexibility index (Phi) is 5.94. The fourth-order valence-electron chi connectivity index (χ4n) is 3.21. The molecular formula is C17H21N5O7S. The third kappa shape index (κ3) is 4.07. The van der Waals surface area contributed by atoms with Gasteiger partial charge in [-0.25, -0.2) is 13.2 Å². The zero-order valence-corrected chi connectivity index (χ0v) is 17.4. The van der Waals surface area contributed by atoms with Crippen LogP contribution in [0.1, 0.15) is 11.5 Å². The van der Waals surface area contributed by atoms with E-state index in [4.69, 9.17) is 9.26 Å². The van der Waals surface area contributed by atoms with Crippen LogP contribution in [0.5, 0.6) is 5.75 Å². The van der Waals surface area contributed by atoms with E-state index in [-0.39, 0.29) is 59.7 Å². The lowest BCUT2D eigenvalue weighted by Crippen LogP contribution is -2.51. The molecule has 3 rings (SSSR count). The summed E-state index contributed by atoms with van der Waals surface area (Å²) < 4.78 is 37.1. The van der Waals surface area contributed by atoms with Crippen LogP contribution in [0.15, 0.2) is 27.6 Å². The third-order valence-electron chi connectivity index (χ3n) is 4.73. The average Bonchev–Trinajstić information content (AvgIpc) is 3.06. The summed E-state index contributed by atoms with van der Waals surface area (Å²) >= 11 is 0. The van der Waals surface area contributed by atoms with Gasteiger partial charge in [0.05, 0.1) is 17.7 Å². The van der Waals surface area contributed by atoms with E-state index in [1.165, 1.54) is 41.4 Å². The molecule has 0 atom stereocenters. The number of benzene rings is 1. The highest BCUT2D eigenvalue weighted by Crippen LogP contribution is 2.29. The number of nitrogens with zero attached hydrogens (tertiary/aromatic N) is 4. The average molecular weight is 439 g/mol. The summed E-state index contributed by atoms with van der Waals surface area (Å²) in [6.45, 7) is 3.55. The number of hydrogen-bond donors (Lipinski definition) is 1. The molecule has 0 saturated carbocycles. The molecule has 1 N–H and O–H groups in total. The summed E-state index contributed by atoms with van der Waals surface area (Å²) in [5.74, 6) is 0.485. The van der Waals surface area contributed by atoms with Crippen LogP contribution in [0.3, 0.4) is 0 Å². The zero-order valence-electron chi connectivity index (χ0n) is 16.6. The second kappa shape index (κ2) is 8.28. The van der Waals surface area contributed by atoms with Gasteiger partial charge in [0.15, 0.2) is 5.76 Å². The van der Waals surface area contributed by atoms with Gasteiger partial charge in [-0.1, -0.05) is 5.16 Å². The van der Waals surface area contributed by atoms with E-state index in [1.807, 2.05) is 0 Å². The maximum Gasteiger partial charge on any atom is 0.322 e. The number of nitro groups is 1. The Labute approximate surface area is 172 Å². The van der Waals surface area contributed by atoms with Crippen molar-refractivity contribution in [3.63, 3.8) is 0 Å². The number of aromatic nitrogens is 1. The number of ether oxygens (including phenoxy) is 1. The third-order valence-corrected chi connectivity index (χ3v) is 6.87. The van der Waals surface area contributed by atoms with Gasteiger partial charge in [-0.3, -0.25) is 10.1 Å². The number of amides is 2. The lowest BCUT2D eigenvalue weighted by Gasteiger charge is -2.33. The molecule has 12 nitrogen and oxygen atoms in total. The molecular weight excluding hydrogens is 418 g/mol. The van der Waals surface area contributed by atoms with E-state index in [0.29, 0.717) is 0 Å². The maximum atomic E-state index is 12.9. The van der Waals surface area contributed by atoms with Crippen LogP contribution in [-0.4, -0.2) is 67.0 Å². The number of anilines is 1. The van der Waals surface area contributed by atoms with Crippen molar-refractivity contribution in [3.05, 3.63) is 39.8 Å². The predicted octanol–water partition coefficient (Wildman–Crippen LogP) is 1.75. The minimum Gasteiger partial charge on any atom is -0.495 e. The number of urea groups is 1. The van der Waals surface area contributed by atoms with Crippen LogP contribution in [0.25, 0.3) is 0 Å². The Morgan fingerprint density at radius 3 is 2.47 bits per heavy atom. The molecule has 1 aromatic heterocycles. The van der Waals surface area contributed by atoms with Crippen LogP contribution in [-0.2, 0) is 10.0 Å². The van der Waals surface area contributed by atoms with Crippen molar-refractivity contribution in [2.24, 2.45) is 0 Å². The van der Waals surface area contributed by atoms with E-state index in [0.717, 1.165) is 0 Å². The van der Waals surface area contributed by atoms with E-state index in [9.17, 15) is 23.3 Å². The van der Waals surface area contributed by atoms with Crippen molar-refractivity contribution in [1.29, 1.82) is 0 Å². The molecule has 13 heteroatoms. The fourth-order valence-corrected chi connectivity index (χ4v) is 4.92. The molecule has 1 aliphatic rings. The number of methoxy groups -OCH3 is 1. The Hall–Kier alpha value is -3.19. The van der Waals surface area contributed by atoms with Crippen molar-refractivity contribution in [1.82, 2.24) is 14.4 Å². The standard InChI is InChI=1S/C17H21N5O7S/c1-11-16(12(2)29-19-11)30(26,27)21-8-6-20(7-9-21)17(23)18-14-10-13(22(24)25)4-5-15(14)28-3/h4-5,10H,6-9H2,1-3H3,(H,18,23). The van der Waals surface area contributed by atoms with Gasteiger partial charge >= 0.3 is 6.03 Å². The number of sulfonamides is 1. The van der Waals surface area contributed by atoms with Crippen molar-refractivity contribution in [2.45, 2.75) is 18.7 Å². The van der Waals surface area contributed by atoms with Crippen molar-refractivity contribution in [3.8, 4) is 5.75 Å². The van der Waals surface area contributed by atoms with E-state index in [1.54, 1.807) is 6.92 Å². The molecule has 0 radical (unpaired) electrons. The van der Waals surface area contributed by atoms with Gasteiger partial charge in [-0.05, 0) is 19.9 Å². The summed E-state index contributed by atoms with van der Waals surface area (Å²) in [7, 11) is -2.41. The Morgan fingerprint density at radius 2 is 1.93 bits per heavy atom. The molecule has 1 aromatic carbocycles. The number of nitrogens with one attached hydrogen (secondary N) is 1. The molecule has 1 saturated heterocycles. The summed E-state index contributed by atoms with van der Waals surface area (Å²) in [4.78, 5) is 24.5. The highest BCUT2D eigenvalue weighted by molar-refractivity contribution is 7.89. The number of carbonyl (C=O) groups excluding carboxylic acids is 1. The minimum absolute atomic E-state index is 0.0433. The van der Waals surface area contributed by atoms with Crippen LogP contribution < -0.4 is 10.1 Å². The van der Waals surface area contributed by atoms with E-state index in [2.05, 4.69) is 10.5 Å². The quantitative estimate of drug-likeness (QED) is 0.547. The molecule has 0 aliphatic carbocycles. The van der Waals surface area contributed by atoms with Gasteiger partial charge in [0, 0.05) is 38.3 Å². The maximum absolute atomic E-state index is 12.9. The Morgan fingerprint density at radius 1 is 1.27 bits per heavy atom. The van der Waals surface area contributed by atoms with Gasteiger partial charge in [0.1, 0.15) is 16.3 Å². The number of piperazine rings is 1. The molecule has 0 spiro atoms. The van der Waals surface area contributed by atoms with Gasteiger partial charge < -0.3 is 19.5 Å². The Bertz CT molecular complexity index is 1050. The smallest absolute Gasteiger partial charge is 0.322 e. The molecule has 2 amide bonds. The summed E-state index contributed by atoms with van der Waals surface area (Å²) in [5.41, 5.74) is 0.245. The summed E-state index contributed by atoms with van der Waals surface area (Å²) in [5, 5.41) is 17.3. The number of rotatable bonds is 5. The summed E-state index contributed by atoms with van der Waals surface area (Å²) in [6, 6.07) is 3.35. The monoisotopic (exact) mass is 439 g/mol. The number of nitro benzene ring substituents is 1. The first-order valence-electron chi connectivity index (χ1n) is 8.96. The van der Waals surface area contributed by atoms with Gasteiger partial charge in [0.2, 0.25) is 10.0 Å². The normalized spacial score (nSPS) is 15.1. The van der Waals surface area contributed by atoms with Crippen LogP contribution in [0.4, 0.5) is 16.2 Å². The van der Waals surface area contributed by atoms with Gasteiger partial charge in [0.25, 0.3) is 5.69 Å². The Balaban J connectivity index is 1.69. The lowest BCUT2D eigenvalue weighted by molar-refractivity contribution is -0.384. The van der Waals surface area contributed by atoms with Gasteiger partial charge in [-0.2, -0.15) is 4.31 Å². The number of non-ortho nitro benzene ring substituents is 1. The molecule has 30 heavy (non-hydrogen) atoms. The number of hydrogen-bond acceptors (Lipinski definition) is 8. The lowest BCUT2D eigenvalue weighted by atomic mass is 10.2. The molecule has 2 aromatic rings. The largest absolute Gasteiger partial charge is 0.495 e. The van der Waals surface area contributed by atoms with Crippen molar-refractivity contribution < 1.29 is 27.4 Å². The summed E-state index contributed by atoms with van der Waals surface area (Å²) in [6.07, 6.45) is 0. The van der Waals surface area contributed by atoms with Crippen LogP contribution in [0, 0.1) is 24.0 Å². The van der Waals surface area contributed by atoms with Crippen molar-refractivity contribution >= 4 is 27.4 Å². The van der Waals surface area contributed by atoms with E-state index < -0.39 is 21.0 Å². The minimum atomic E-state index is -3.79. The predicted molar refractivity (Wildman–Crippen MR) is 105 cm³/mol. The second-order valence-corrected chi connectivity index (χ2v) is 8.49. The van der Waals surface area contributed by atoms with E-state index >= 15 is 0 Å². The fraction of sp³-hybridized carbons (Fsp3) is 0.412. The molecule has 1 aliphatic heterocycles. The van der Waals surface area contributed by atoms with Crippen molar-refractivity contribution in [2.75, 3.05) is 38.6 Å². The highest BCUT2D eigenvalue weighted by Gasteiger charge is 2.34. The molecule has 2 heterocycles. The van der Waals surface area contributed by atoms with Crippen LogP contribution >= 0.6 is 0 Å². The number of aryl methyl sites for hydroxylation is 2. The van der Waals surface area contributed by atoms with Gasteiger partial charge in [-0.15, -0.1) is 0 Å². The molecule has 1 fully saturated rings. The number of carbonyl (C=O) groups is 1. The molecule has 0 bridgehead atoms. The first kappa shape index (κ1) is 21.5. The first-order chi connectivity index (χ1) is 14.1. The second-order valence-electron chi connectivity index (χ2n) is 6.62. The molecule has 162 valence electrons. The topological polar surface area (TPSA) is 148 Å². The molecule has 0 unspecified atom stereocenters. The SMILES string of the molecule is COc1ccc([N+](=O)[O-])cc1NC(=O)N1CCN(S(=O)(=O)c2c(C)noc2C)CC1. The first-order valence-corrected chi connectivity index (χ1v) is 10.4.